The minimum atomic E-state index is 0.176. The molecule has 1 nitrogen and oxygen atoms in total. The summed E-state index contributed by atoms with van der Waals surface area (Å²) in [5.74, 6) is 2.00. The van der Waals surface area contributed by atoms with Gasteiger partial charge in [0.25, 0.3) is 0 Å². The van der Waals surface area contributed by atoms with Crippen molar-refractivity contribution >= 4 is 5.78 Å². The third kappa shape index (κ3) is 9.32. The highest BCUT2D eigenvalue weighted by Crippen LogP contribution is 2.46. The molecule has 0 aromatic rings. The molecule has 0 N–H and O–H groups in total. The van der Waals surface area contributed by atoms with Crippen molar-refractivity contribution in [3.8, 4) is 0 Å². The normalized spacial score (nSPS) is 13.5. The molecule has 0 heterocycles. The third-order valence-electron chi connectivity index (χ3n) is 4.13. The fourth-order valence-electron chi connectivity index (χ4n) is 4.05. The summed E-state index contributed by atoms with van der Waals surface area (Å²) in [6.45, 7) is 20.4. The topological polar surface area (TPSA) is 17.1 Å². The number of rotatable bonds is 9. The van der Waals surface area contributed by atoms with Crippen LogP contribution >= 0.6 is 0 Å². The largest absolute Gasteiger partial charge is 0.299 e. The maximum absolute atomic E-state index is 12.1. The minimum Gasteiger partial charge on any atom is -0.299 e. The van der Waals surface area contributed by atoms with Crippen LogP contribution in [0.1, 0.15) is 94.4 Å². The predicted octanol–water partition coefficient (Wildman–Crippen LogP) is 6.51. The maximum atomic E-state index is 12.1. The van der Waals surface area contributed by atoms with Crippen LogP contribution in [0.15, 0.2) is 0 Å². The average Bonchev–Trinajstić information content (AvgIpc) is 2.20. The SMILES string of the molecule is CC(C)CC(CCC(=O)C(C)C)(CC(C)C)CC(C)(C)C. The molecule has 0 unspecified atom stereocenters. The summed E-state index contributed by atoms with van der Waals surface area (Å²) in [5, 5.41) is 0. The van der Waals surface area contributed by atoms with Crippen molar-refractivity contribution in [1.82, 2.24) is 0 Å². The standard InChI is InChI=1S/C20H40O/c1-15(2)12-20(13-16(3)4,14-19(7,8)9)11-10-18(21)17(5)6/h15-17H,10-14H2,1-9H3. The molecule has 0 rings (SSSR count). The van der Waals surface area contributed by atoms with E-state index in [4.69, 9.17) is 0 Å². The van der Waals surface area contributed by atoms with E-state index >= 15 is 0 Å². The zero-order valence-corrected chi connectivity index (χ0v) is 16.2. The lowest BCUT2D eigenvalue weighted by atomic mass is 9.63. The molecular weight excluding hydrogens is 256 g/mol. The van der Waals surface area contributed by atoms with Gasteiger partial charge in [0.2, 0.25) is 0 Å². The van der Waals surface area contributed by atoms with E-state index in [2.05, 4.69) is 48.5 Å². The molecule has 0 saturated carbocycles. The van der Waals surface area contributed by atoms with E-state index in [1.807, 2.05) is 13.8 Å². The second-order valence-electron chi connectivity index (χ2n) is 9.55. The van der Waals surface area contributed by atoms with Crippen LogP contribution in [0, 0.1) is 28.6 Å². The molecule has 0 aliphatic rings. The molecule has 0 atom stereocenters. The second-order valence-corrected chi connectivity index (χ2v) is 9.55. The molecule has 0 bridgehead atoms. The Bertz CT molecular complexity index is 294. The molecule has 0 aromatic heterocycles. The molecule has 0 saturated heterocycles. The Balaban J connectivity index is 5.19. The highest BCUT2D eigenvalue weighted by atomic mass is 16.1. The fraction of sp³-hybridized carbons (Fsp3) is 0.950. The molecule has 126 valence electrons. The van der Waals surface area contributed by atoms with E-state index in [1.54, 1.807) is 0 Å². The first-order chi connectivity index (χ1) is 9.37. The van der Waals surface area contributed by atoms with Crippen LogP contribution in [-0.4, -0.2) is 5.78 Å². The highest BCUT2D eigenvalue weighted by molar-refractivity contribution is 5.80. The molecule has 21 heavy (non-hydrogen) atoms. The van der Waals surface area contributed by atoms with Crippen molar-refractivity contribution in [2.75, 3.05) is 0 Å². The summed E-state index contributed by atoms with van der Waals surface area (Å²) in [7, 11) is 0. The smallest absolute Gasteiger partial charge is 0.135 e. The van der Waals surface area contributed by atoms with Crippen molar-refractivity contribution in [2.45, 2.75) is 94.4 Å². The van der Waals surface area contributed by atoms with Gasteiger partial charge in [-0.1, -0.05) is 62.3 Å². The van der Waals surface area contributed by atoms with Crippen LogP contribution in [0.5, 0.6) is 0 Å². The quantitative estimate of drug-likeness (QED) is 0.474. The van der Waals surface area contributed by atoms with Gasteiger partial charge in [-0.2, -0.15) is 0 Å². The molecule has 0 radical (unpaired) electrons. The Labute approximate surface area is 134 Å². The van der Waals surface area contributed by atoms with Gasteiger partial charge in [-0.25, -0.2) is 0 Å². The Morgan fingerprint density at radius 2 is 1.29 bits per heavy atom. The highest BCUT2D eigenvalue weighted by Gasteiger charge is 2.36. The van der Waals surface area contributed by atoms with E-state index in [9.17, 15) is 4.79 Å². The summed E-state index contributed by atoms with van der Waals surface area (Å²) < 4.78 is 0. The van der Waals surface area contributed by atoms with Gasteiger partial charge < -0.3 is 0 Å². The van der Waals surface area contributed by atoms with Crippen LogP contribution < -0.4 is 0 Å². The second kappa shape index (κ2) is 8.34. The summed E-state index contributed by atoms with van der Waals surface area (Å²) in [6.07, 6.45) is 5.54. The van der Waals surface area contributed by atoms with Gasteiger partial charge in [-0.3, -0.25) is 4.79 Å². The monoisotopic (exact) mass is 296 g/mol. The Hall–Kier alpha value is -0.330. The summed E-state index contributed by atoms with van der Waals surface area (Å²) in [6, 6.07) is 0. The molecule has 0 amide bonds. The van der Waals surface area contributed by atoms with E-state index in [1.165, 1.54) is 19.3 Å². The summed E-state index contributed by atoms with van der Waals surface area (Å²) >= 11 is 0. The Morgan fingerprint density at radius 1 is 0.857 bits per heavy atom. The van der Waals surface area contributed by atoms with Crippen LogP contribution in [0.2, 0.25) is 0 Å². The van der Waals surface area contributed by atoms with Gasteiger partial charge in [0, 0.05) is 12.3 Å². The number of carbonyl (C=O) groups is 1. The van der Waals surface area contributed by atoms with Gasteiger partial charge in [-0.15, -0.1) is 0 Å². The number of hydrogen-bond donors (Lipinski definition) is 0. The van der Waals surface area contributed by atoms with Crippen molar-refractivity contribution in [3.05, 3.63) is 0 Å². The fourth-order valence-corrected chi connectivity index (χ4v) is 4.05. The van der Waals surface area contributed by atoms with Gasteiger partial charge in [-0.05, 0) is 48.3 Å². The van der Waals surface area contributed by atoms with E-state index in [-0.39, 0.29) is 5.92 Å². The molecule has 0 spiro atoms. The van der Waals surface area contributed by atoms with Crippen molar-refractivity contribution in [2.24, 2.45) is 28.6 Å². The van der Waals surface area contributed by atoms with Crippen LogP contribution in [0.25, 0.3) is 0 Å². The Kier molecular flexibility index (Phi) is 8.21. The molecule has 0 aromatic carbocycles. The predicted molar refractivity (Wildman–Crippen MR) is 94.5 cm³/mol. The first kappa shape index (κ1) is 20.7. The lowest BCUT2D eigenvalue weighted by molar-refractivity contribution is -0.122. The minimum absolute atomic E-state index is 0.176. The average molecular weight is 297 g/mol. The van der Waals surface area contributed by atoms with Crippen LogP contribution in [0.4, 0.5) is 0 Å². The van der Waals surface area contributed by atoms with Gasteiger partial charge >= 0.3 is 0 Å². The van der Waals surface area contributed by atoms with Crippen molar-refractivity contribution in [3.63, 3.8) is 0 Å². The van der Waals surface area contributed by atoms with Crippen LogP contribution in [0.3, 0.4) is 0 Å². The first-order valence-corrected chi connectivity index (χ1v) is 8.89. The molecule has 1 heteroatoms. The van der Waals surface area contributed by atoms with Crippen molar-refractivity contribution in [1.29, 1.82) is 0 Å². The van der Waals surface area contributed by atoms with Crippen molar-refractivity contribution < 1.29 is 4.79 Å². The number of ketones is 1. The summed E-state index contributed by atoms with van der Waals surface area (Å²) in [5.41, 5.74) is 0.649. The first-order valence-electron chi connectivity index (χ1n) is 8.89. The number of carbonyl (C=O) groups excluding carboxylic acids is 1. The zero-order valence-electron chi connectivity index (χ0n) is 16.2. The maximum Gasteiger partial charge on any atom is 0.135 e. The lowest BCUT2D eigenvalue weighted by Gasteiger charge is -2.42. The molecule has 0 aliphatic carbocycles. The molecule has 0 aliphatic heterocycles. The van der Waals surface area contributed by atoms with E-state index in [0.29, 0.717) is 28.4 Å². The van der Waals surface area contributed by atoms with Gasteiger partial charge in [0.15, 0.2) is 0 Å². The zero-order chi connectivity index (χ0) is 16.8. The van der Waals surface area contributed by atoms with E-state index in [0.717, 1.165) is 12.8 Å². The van der Waals surface area contributed by atoms with Gasteiger partial charge in [0.05, 0.1) is 0 Å². The molecular formula is C20H40O. The lowest BCUT2D eigenvalue weighted by Crippen LogP contribution is -2.31. The molecule has 0 fully saturated rings. The Morgan fingerprint density at radius 3 is 1.57 bits per heavy atom. The van der Waals surface area contributed by atoms with Gasteiger partial charge in [0.1, 0.15) is 5.78 Å². The number of hydrogen-bond acceptors (Lipinski definition) is 1. The van der Waals surface area contributed by atoms with Crippen LogP contribution in [-0.2, 0) is 4.79 Å². The van der Waals surface area contributed by atoms with E-state index < -0.39 is 0 Å². The summed E-state index contributed by atoms with van der Waals surface area (Å²) in [4.78, 5) is 12.1. The third-order valence-corrected chi connectivity index (χ3v) is 4.13. The number of Topliss-reactive ketones (excluding diaryl/α,β-unsaturated/α-hetero) is 1.